The fraction of sp³-hybridized carbons (Fsp3) is 0.682. The molecule has 1 amide bonds. The summed E-state index contributed by atoms with van der Waals surface area (Å²) in [6.07, 6.45) is 3.36. The molecule has 4 rings (SSSR count). The Kier molecular flexibility index (Phi) is 6.28. The molecule has 33 heavy (non-hydrogen) atoms. The van der Waals surface area contributed by atoms with Gasteiger partial charge in [-0.05, 0) is 75.7 Å². The van der Waals surface area contributed by atoms with Gasteiger partial charge < -0.3 is 18.9 Å². The lowest BCUT2D eigenvalue weighted by Crippen LogP contribution is -2.50. The summed E-state index contributed by atoms with van der Waals surface area (Å²) in [6.45, 7) is 8.55. The van der Waals surface area contributed by atoms with Gasteiger partial charge in [-0.15, -0.1) is 5.10 Å². The van der Waals surface area contributed by atoms with Crippen LogP contribution in [0.1, 0.15) is 64.6 Å². The second-order valence-electron chi connectivity index (χ2n) is 9.71. The first-order valence-corrected chi connectivity index (χ1v) is 12.2. The van der Waals surface area contributed by atoms with E-state index in [0.29, 0.717) is 43.7 Å². The maximum atomic E-state index is 13.6. The van der Waals surface area contributed by atoms with Gasteiger partial charge in [0.05, 0.1) is 6.61 Å². The summed E-state index contributed by atoms with van der Waals surface area (Å²) in [5, 5.41) is 4.25. The molecule has 180 valence electrons. The number of piperidine rings is 1. The zero-order valence-electron chi connectivity index (χ0n) is 19.5. The average molecular weight is 524 g/mol. The second-order valence-corrected chi connectivity index (χ2v) is 10.4. The maximum absolute atomic E-state index is 13.6. The van der Waals surface area contributed by atoms with Crippen LogP contribution in [0.25, 0.3) is 5.78 Å². The fourth-order valence-electron chi connectivity index (χ4n) is 5.03. The number of esters is 1. The molecule has 0 bridgehead atoms. The van der Waals surface area contributed by atoms with Crippen molar-refractivity contribution in [2.24, 2.45) is 0 Å². The Morgan fingerprint density at radius 3 is 2.52 bits per heavy atom. The van der Waals surface area contributed by atoms with Crippen molar-refractivity contribution in [3.05, 3.63) is 26.3 Å². The van der Waals surface area contributed by atoms with Gasteiger partial charge in [0, 0.05) is 29.8 Å². The highest BCUT2D eigenvalue weighted by Crippen LogP contribution is 2.43. The molecule has 1 fully saturated rings. The predicted octanol–water partition coefficient (Wildman–Crippen LogP) is 2.82. The molecule has 0 saturated carbocycles. The molecule has 2 aliphatic rings. The summed E-state index contributed by atoms with van der Waals surface area (Å²) in [5.74, 6) is -0.0642. The van der Waals surface area contributed by atoms with Crippen LogP contribution in [-0.4, -0.2) is 61.4 Å². The van der Waals surface area contributed by atoms with Crippen molar-refractivity contribution in [1.82, 2.24) is 24.1 Å². The van der Waals surface area contributed by atoms with Crippen LogP contribution in [-0.2, 0) is 32.6 Å². The number of carbonyl (C=O) groups is 2. The lowest BCUT2D eigenvalue weighted by Gasteiger charge is -2.45. The summed E-state index contributed by atoms with van der Waals surface area (Å²) in [4.78, 5) is 44.7. The quantitative estimate of drug-likeness (QED) is 0.569. The van der Waals surface area contributed by atoms with Gasteiger partial charge in [0.25, 0.3) is 5.56 Å². The largest absolute Gasteiger partial charge is 0.465 e. The fourth-order valence-corrected chi connectivity index (χ4v) is 5.35. The van der Waals surface area contributed by atoms with Gasteiger partial charge in [-0.25, -0.2) is 4.79 Å². The van der Waals surface area contributed by atoms with E-state index in [0.717, 1.165) is 18.5 Å². The highest BCUT2D eigenvalue weighted by atomic mass is 79.9. The van der Waals surface area contributed by atoms with Gasteiger partial charge in [-0.1, -0.05) is 0 Å². The molecule has 2 aromatic rings. The van der Waals surface area contributed by atoms with Crippen LogP contribution in [0.2, 0.25) is 0 Å². The summed E-state index contributed by atoms with van der Waals surface area (Å²) < 4.78 is 14.0. The van der Waals surface area contributed by atoms with Gasteiger partial charge in [0.15, 0.2) is 0 Å². The molecule has 0 radical (unpaired) electrons. The number of hydrogen-bond donors (Lipinski definition) is 0. The van der Waals surface area contributed by atoms with Crippen molar-refractivity contribution < 1.29 is 19.1 Å². The van der Waals surface area contributed by atoms with Crippen LogP contribution in [0.3, 0.4) is 0 Å². The van der Waals surface area contributed by atoms with Crippen molar-refractivity contribution in [1.29, 1.82) is 0 Å². The number of amides is 1. The number of hydrogen-bond acceptors (Lipinski definition) is 7. The van der Waals surface area contributed by atoms with E-state index in [9.17, 15) is 14.4 Å². The Hall–Kier alpha value is -2.43. The van der Waals surface area contributed by atoms with E-state index in [-0.39, 0.29) is 40.9 Å². The SMILES string of the molecule is CCOC(=O)Cn1c2c(c(=O)n3nc(Br)nc13)C1(CCC2)CCN(C(=O)OC(C)(C)C)CC1. The predicted molar refractivity (Wildman–Crippen MR) is 123 cm³/mol. The van der Waals surface area contributed by atoms with E-state index in [1.807, 2.05) is 20.8 Å². The first-order valence-electron chi connectivity index (χ1n) is 11.4. The molecule has 1 aliphatic heterocycles. The van der Waals surface area contributed by atoms with Crippen LogP contribution in [0.5, 0.6) is 0 Å². The molecule has 0 aromatic carbocycles. The molecule has 10 nitrogen and oxygen atoms in total. The number of nitrogens with zero attached hydrogens (tertiary/aromatic N) is 5. The number of carbonyl (C=O) groups excluding carboxylic acids is 2. The number of rotatable bonds is 3. The standard InChI is InChI=1S/C22H30BrN5O5/c1-5-32-15(29)13-27-14-7-6-8-22(16(14)17(30)28-19(27)24-18(23)25-28)9-11-26(12-10-22)20(31)33-21(2,3)4/h5-13H2,1-4H3. The highest BCUT2D eigenvalue weighted by molar-refractivity contribution is 9.10. The number of halogens is 1. The average Bonchev–Trinajstić information content (AvgIpc) is 3.12. The molecule has 3 heterocycles. The van der Waals surface area contributed by atoms with E-state index >= 15 is 0 Å². The maximum Gasteiger partial charge on any atom is 0.410 e. The molecule has 11 heteroatoms. The van der Waals surface area contributed by atoms with Crippen LogP contribution < -0.4 is 5.56 Å². The molecule has 0 unspecified atom stereocenters. The topological polar surface area (TPSA) is 108 Å². The van der Waals surface area contributed by atoms with Crippen LogP contribution in [0, 0.1) is 0 Å². The zero-order valence-corrected chi connectivity index (χ0v) is 21.1. The number of ether oxygens (including phenoxy) is 2. The Balaban J connectivity index is 1.74. The Morgan fingerprint density at radius 1 is 1.18 bits per heavy atom. The van der Waals surface area contributed by atoms with Gasteiger partial charge in [0.1, 0.15) is 12.1 Å². The normalized spacial score (nSPS) is 17.8. The van der Waals surface area contributed by atoms with Crippen LogP contribution >= 0.6 is 15.9 Å². The highest BCUT2D eigenvalue weighted by Gasteiger charge is 2.44. The lowest BCUT2D eigenvalue weighted by atomic mass is 9.66. The minimum absolute atomic E-state index is 0.0365. The third-order valence-corrected chi connectivity index (χ3v) is 6.73. The summed E-state index contributed by atoms with van der Waals surface area (Å²) in [5.41, 5.74) is 0.357. The van der Waals surface area contributed by atoms with E-state index in [4.69, 9.17) is 9.47 Å². The third kappa shape index (κ3) is 4.51. The zero-order chi connectivity index (χ0) is 24.0. The first-order chi connectivity index (χ1) is 15.5. The van der Waals surface area contributed by atoms with Crippen LogP contribution in [0.4, 0.5) is 4.79 Å². The van der Waals surface area contributed by atoms with E-state index in [2.05, 4.69) is 26.0 Å². The molecular weight excluding hydrogens is 494 g/mol. The van der Waals surface area contributed by atoms with Crippen molar-refractivity contribution in [3.63, 3.8) is 0 Å². The molecule has 1 aliphatic carbocycles. The van der Waals surface area contributed by atoms with Gasteiger partial charge >= 0.3 is 12.1 Å². The Bertz CT molecular complexity index is 1140. The lowest BCUT2D eigenvalue weighted by molar-refractivity contribution is -0.143. The number of likely N-dealkylation sites (tertiary alicyclic amines) is 1. The summed E-state index contributed by atoms with van der Waals surface area (Å²) in [7, 11) is 0. The molecule has 1 spiro atoms. The van der Waals surface area contributed by atoms with E-state index in [1.54, 1.807) is 16.4 Å². The molecule has 0 atom stereocenters. The summed E-state index contributed by atoms with van der Waals surface area (Å²) in [6, 6.07) is 0. The molecule has 2 aromatic heterocycles. The Labute approximate surface area is 200 Å². The first kappa shape index (κ1) is 23.7. The number of aromatic nitrogens is 4. The van der Waals surface area contributed by atoms with Gasteiger partial charge in [0.2, 0.25) is 10.5 Å². The molecular formula is C22H30BrN5O5. The molecule has 0 N–H and O–H groups in total. The van der Waals surface area contributed by atoms with Crippen molar-refractivity contribution >= 4 is 33.8 Å². The van der Waals surface area contributed by atoms with Crippen molar-refractivity contribution in [2.75, 3.05) is 19.7 Å². The van der Waals surface area contributed by atoms with E-state index < -0.39 is 5.60 Å². The monoisotopic (exact) mass is 523 g/mol. The minimum Gasteiger partial charge on any atom is -0.465 e. The third-order valence-electron chi connectivity index (χ3n) is 6.39. The van der Waals surface area contributed by atoms with Crippen molar-refractivity contribution in [2.45, 2.75) is 77.4 Å². The number of fused-ring (bicyclic) bond motifs is 3. The van der Waals surface area contributed by atoms with Gasteiger partial charge in [-0.2, -0.15) is 9.50 Å². The van der Waals surface area contributed by atoms with Gasteiger partial charge in [-0.3, -0.25) is 9.59 Å². The Morgan fingerprint density at radius 2 is 1.88 bits per heavy atom. The minimum atomic E-state index is -0.559. The van der Waals surface area contributed by atoms with E-state index in [1.165, 1.54) is 4.52 Å². The van der Waals surface area contributed by atoms with Crippen molar-refractivity contribution in [3.8, 4) is 0 Å². The summed E-state index contributed by atoms with van der Waals surface area (Å²) >= 11 is 3.26. The van der Waals surface area contributed by atoms with Crippen LogP contribution in [0.15, 0.2) is 9.53 Å². The smallest absolute Gasteiger partial charge is 0.410 e. The molecule has 1 saturated heterocycles. The second kappa shape index (κ2) is 8.73.